The van der Waals surface area contributed by atoms with Crippen molar-refractivity contribution in [3.8, 4) is 11.1 Å². The first-order valence-corrected chi connectivity index (χ1v) is 9.46. The van der Waals surface area contributed by atoms with Crippen molar-refractivity contribution in [2.75, 3.05) is 0 Å². The van der Waals surface area contributed by atoms with Gasteiger partial charge in [0.05, 0.1) is 0 Å². The molecule has 23 heavy (non-hydrogen) atoms. The van der Waals surface area contributed by atoms with Gasteiger partial charge in [0.15, 0.2) is 0 Å². The van der Waals surface area contributed by atoms with Crippen molar-refractivity contribution in [1.29, 1.82) is 0 Å². The summed E-state index contributed by atoms with van der Waals surface area (Å²) in [6, 6.07) is 17.4. The van der Waals surface area contributed by atoms with E-state index in [0.29, 0.717) is 5.41 Å². The fourth-order valence-electron chi connectivity index (χ4n) is 6.30. The van der Waals surface area contributed by atoms with Crippen molar-refractivity contribution in [1.82, 2.24) is 0 Å². The molecule has 0 nitrogen and oxygen atoms in total. The summed E-state index contributed by atoms with van der Waals surface area (Å²) in [5, 5.41) is 0.921. The average molecular weight is 323 g/mol. The first-order valence-electron chi connectivity index (χ1n) is 9.08. The van der Waals surface area contributed by atoms with E-state index in [0.717, 1.165) is 22.8 Å². The first-order chi connectivity index (χ1) is 11.2. The van der Waals surface area contributed by atoms with Crippen molar-refractivity contribution < 1.29 is 0 Å². The highest BCUT2D eigenvalue weighted by Gasteiger charge is 2.52. The predicted molar refractivity (Wildman–Crippen MR) is 96.7 cm³/mol. The monoisotopic (exact) mass is 322 g/mol. The van der Waals surface area contributed by atoms with Gasteiger partial charge in [0.25, 0.3) is 0 Å². The second-order valence-electron chi connectivity index (χ2n) is 8.23. The Morgan fingerprint density at radius 2 is 1.35 bits per heavy atom. The van der Waals surface area contributed by atoms with Gasteiger partial charge in [0, 0.05) is 10.6 Å². The molecule has 0 aliphatic heterocycles. The summed E-state index contributed by atoms with van der Waals surface area (Å²) in [5.41, 5.74) is 4.51. The summed E-state index contributed by atoms with van der Waals surface area (Å²) in [4.78, 5) is 0. The number of hydrogen-bond acceptors (Lipinski definition) is 0. The van der Waals surface area contributed by atoms with Crippen LogP contribution in [-0.4, -0.2) is 0 Å². The van der Waals surface area contributed by atoms with E-state index < -0.39 is 0 Å². The minimum absolute atomic E-state index is 0.394. The summed E-state index contributed by atoms with van der Waals surface area (Å²) in [5.74, 6) is 2.89. The fraction of sp³-hybridized carbons (Fsp3) is 0.455. The number of hydrogen-bond donors (Lipinski definition) is 0. The maximum Gasteiger partial charge on any atom is 0.0487 e. The van der Waals surface area contributed by atoms with Gasteiger partial charge < -0.3 is 0 Å². The molecule has 2 aromatic carbocycles. The van der Waals surface area contributed by atoms with Crippen LogP contribution in [0.3, 0.4) is 0 Å². The van der Waals surface area contributed by atoms with Crippen molar-refractivity contribution in [2.24, 2.45) is 17.8 Å². The Labute approximate surface area is 143 Å². The van der Waals surface area contributed by atoms with Crippen LogP contribution in [0.25, 0.3) is 11.1 Å². The highest BCUT2D eigenvalue weighted by molar-refractivity contribution is 6.33. The average Bonchev–Trinajstić information content (AvgIpc) is 2.54. The SMILES string of the molecule is Clc1cccc(C23CC4CC(CC(C4)C2)C3)c1-c1ccccc1. The van der Waals surface area contributed by atoms with Gasteiger partial charge in [-0.05, 0) is 78.9 Å². The van der Waals surface area contributed by atoms with Crippen LogP contribution in [0.1, 0.15) is 44.1 Å². The van der Waals surface area contributed by atoms with E-state index >= 15 is 0 Å². The van der Waals surface area contributed by atoms with Crippen molar-refractivity contribution in [2.45, 2.75) is 43.9 Å². The molecule has 6 rings (SSSR count). The molecule has 0 radical (unpaired) electrons. The van der Waals surface area contributed by atoms with Gasteiger partial charge in [0.1, 0.15) is 0 Å². The Balaban J connectivity index is 1.68. The Kier molecular flexibility index (Phi) is 3.14. The molecule has 0 atom stereocenters. The maximum atomic E-state index is 6.70. The minimum Gasteiger partial charge on any atom is -0.0837 e. The molecule has 4 aliphatic carbocycles. The smallest absolute Gasteiger partial charge is 0.0487 e. The summed E-state index contributed by atoms with van der Waals surface area (Å²) in [6.07, 6.45) is 8.62. The van der Waals surface area contributed by atoms with Gasteiger partial charge in [-0.2, -0.15) is 0 Å². The lowest BCUT2D eigenvalue weighted by Gasteiger charge is -2.57. The summed E-state index contributed by atoms with van der Waals surface area (Å²) in [7, 11) is 0. The molecular weight excluding hydrogens is 300 g/mol. The predicted octanol–water partition coefficient (Wildman–Crippen LogP) is 6.47. The molecule has 0 spiro atoms. The molecule has 0 amide bonds. The molecule has 0 saturated heterocycles. The lowest BCUT2D eigenvalue weighted by molar-refractivity contribution is -0.00492. The Morgan fingerprint density at radius 1 is 0.739 bits per heavy atom. The van der Waals surface area contributed by atoms with Crippen LogP contribution >= 0.6 is 11.6 Å². The molecule has 0 unspecified atom stereocenters. The normalized spacial score (nSPS) is 34.7. The zero-order chi connectivity index (χ0) is 15.4. The van der Waals surface area contributed by atoms with Crippen molar-refractivity contribution >= 4 is 11.6 Å². The van der Waals surface area contributed by atoms with Gasteiger partial charge >= 0.3 is 0 Å². The summed E-state index contributed by atoms with van der Waals surface area (Å²) >= 11 is 6.70. The topological polar surface area (TPSA) is 0 Å². The summed E-state index contributed by atoms with van der Waals surface area (Å²) in [6.45, 7) is 0. The van der Waals surface area contributed by atoms with E-state index in [1.54, 1.807) is 0 Å². The standard InChI is InChI=1S/C22H23Cl/c23-20-8-4-7-19(21(20)18-5-2-1-3-6-18)22-12-15-9-16(13-22)11-17(10-15)14-22/h1-8,15-17H,9-14H2. The van der Waals surface area contributed by atoms with Crippen LogP contribution in [0.5, 0.6) is 0 Å². The third-order valence-electron chi connectivity index (χ3n) is 6.69. The van der Waals surface area contributed by atoms with Crippen LogP contribution in [0, 0.1) is 17.8 Å². The van der Waals surface area contributed by atoms with E-state index in [4.69, 9.17) is 11.6 Å². The van der Waals surface area contributed by atoms with Gasteiger partial charge in [-0.1, -0.05) is 54.1 Å². The van der Waals surface area contributed by atoms with E-state index in [9.17, 15) is 0 Å². The molecule has 4 aliphatic rings. The van der Waals surface area contributed by atoms with E-state index in [1.165, 1.54) is 55.2 Å². The molecule has 0 aromatic heterocycles. The molecule has 4 bridgehead atoms. The van der Waals surface area contributed by atoms with Gasteiger partial charge in [-0.3, -0.25) is 0 Å². The van der Waals surface area contributed by atoms with Crippen LogP contribution < -0.4 is 0 Å². The minimum atomic E-state index is 0.394. The van der Waals surface area contributed by atoms with Gasteiger partial charge in [-0.15, -0.1) is 0 Å². The molecule has 0 N–H and O–H groups in total. The third kappa shape index (κ3) is 2.18. The molecule has 4 fully saturated rings. The zero-order valence-electron chi connectivity index (χ0n) is 13.5. The van der Waals surface area contributed by atoms with Crippen LogP contribution in [-0.2, 0) is 5.41 Å². The first kappa shape index (κ1) is 14.1. The van der Waals surface area contributed by atoms with Crippen LogP contribution in [0.4, 0.5) is 0 Å². The van der Waals surface area contributed by atoms with Crippen LogP contribution in [0.2, 0.25) is 5.02 Å². The fourth-order valence-corrected chi connectivity index (χ4v) is 6.59. The Bertz CT molecular complexity index is 696. The molecule has 0 heterocycles. The molecule has 118 valence electrons. The number of halogens is 1. The highest BCUT2D eigenvalue weighted by Crippen LogP contribution is 2.62. The number of benzene rings is 2. The van der Waals surface area contributed by atoms with Gasteiger partial charge in [-0.25, -0.2) is 0 Å². The zero-order valence-corrected chi connectivity index (χ0v) is 14.2. The van der Waals surface area contributed by atoms with Crippen molar-refractivity contribution in [3.05, 3.63) is 59.1 Å². The molecule has 1 heteroatoms. The quantitative estimate of drug-likeness (QED) is 0.594. The van der Waals surface area contributed by atoms with E-state index in [1.807, 2.05) is 0 Å². The van der Waals surface area contributed by atoms with Crippen molar-refractivity contribution in [3.63, 3.8) is 0 Å². The molecular formula is C22H23Cl. The highest BCUT2D eigenvalue weighted by atomic mass is 35.5. The third-order valence-corrected chi connectivity index (χ3v) is 7.00. The second-order valence-corrected chi connectivity index (χ2v) is 8.63. The lowest BCUT2D eigenvalue weighted by Crippen LogP contribution is -2.48. The molecule has 2 aromatic rings. The van der Waals surface area contributed by atoms with E-state index in [2.05, 4.69) is 48.5 Å². The largest absolute Gasteiger partial charge is 0.0837 e. The van der Waals surface area contributed by atoms with Gasteiger partial charge in [0.2, 0.25) is 0 Å². The van der Waals surface area contributed by atoms with Crippen LogP contribution in [0.15, 0.2) is 48.5 Å². The Morgan fingerprint density at radius 3 is 1.96 bits per heavy atom. The Hall–Kier alpha value is -1.27. The second kappa shape index (κ2) is 5.11. The maximum absolute atomic E-state index is 6.70. The number of rotatable bonds is 2. The lowest BCUT2D eigenvalue weighted by atomic mass is 9.47. The molecule has 4 saturated carbocycles. The van der Waals surface area contributed by atoms with E-state index in [-0.39, 0.29) is 0 Å². The summed E-state index contributed by atoms with van der Waals surface area (Å²) < 4.78 is 0.